The molecular weight excluding hydrogens is 137 g/mol. The summed E-state index contributed by atoms with van der Waals surface area (Å²) in [6.07, 6.45) is 5.08. The normalized spacial score (nSPS) is 25.9. The standard InChI is InChI=1S/C7H8N.K/c8-5-6-4-7(6)2-1-3-7;/h1-4H2;/q-1;+1. The SMILES string of the molecule is N#C[C-]1CC12CCC2.[K+]. The van der Waals surface area contributed by atoms with Gasteiger partial charge >= 0.3 is 51.4 Å². The molecule has 0 aliphatic heterocycles. The van der Waals surface area contributed by atoms with Crippen molar-refractivity contribution >= 4 is 0 Å². The van der Waals surface area contributed by atoms with E-state index < -0.39 is 0 Å². The summed E-state index contributed by atoms with van der Waals surface area (Å²) in [4.78, 5) is 0. The van der Waals surface area contributed by atoms with Gasteiger partial charge in [-0.25, -0.2) is 5.26 Å². The van der Waals surface area contributed by atoms with Crippen LogP contribution >= 0.6 is 0 Å². The van der Waals surface area contributed by atoms with E-state index in [-0.39, 0.29) is 51.4 Å². The predicted molar refractivity (Wildman–Crippen MR) is 29.8 cm³/mol. The number of hydrogen-bond donors (Lipinski definition) is 0. The van der Waals surface area contributed by atoms with Gasteiger partial charge in [0.25, 0.3) is 0 Å². The van der Waals surface area contributed by atoms with Crippen LogP contribution < -0.4 is 51.4 Å². The zero-order chi connectivity index (χ0) is 5.61. The molecule has 2 aliphatic carbocycles. The topological polar surface area (TPSA) is 23.8 Å². The molecule has 1 nitrogen and oxygen atoms in total. The molecule has 2 heteroatoms. The summed E-state index contributed by atoms with van der Waals surface area (Å²) in [6.45, 7) is 0. The molecule has 0 bridgehead atoms. The average Bonchev–Trinajstić information content (AvgIpc) is 2.36. The van der Waals surface area contributed by atoms with Crippen LogP contribution in [0.15, 0.2) is 0 Å². The first kappa shape index (κ1) is 8.10. The quantitative estimate of drug-likeness (QED) is 0.306. The van der Waals surface area contributed by atoms with Gasteiger partial charge in [-0.15, -0.1) is 6.07 Å². The Kier molecular flexibility index (Phi) is 2.30. The number of rotatable bonds is 0. The van der Waals surface area contributed by atoms with E-state index in [1.54, 1.807) is 0 Å². The molecule has 0 aromatic carbocycles. The number of hydrogen-bond acceptors (Lipinski definition) is 1. The van der Waals surface area contributed by atoms with Gasteiger partial charge in [-0.2, -0.15) is 11.8 Å². The van der Waals surface area contributed by atoms with Crippen molar-refractivity contribution in [2.45, 2.75) is 25.7 Å². The van der Waals surface area contributed by atoms with Crippen LogP contribution in [0.4, 0.5) is 0 Å². The molecule has 9 heavy (non-hydrogen) atoms. The van der Waals surface area contributed by atoms with E-state index in [0.717, 1.165) is 6.42 Å². The summed E-state index contributed by atoms with van der Waals surface area (Å²) in [5, 5.41) is 8.42. The summed E-state index contributed by atoms with van der Waals surface area (Å²) in [6, 6.07) is 2.25. The van der Waals surface area contributed by atoms with Gasteiger partial charge in [-0.05, 0) is 0 Å². The minimum Gasteiger partial charge on any atom is -0.274 e. The van der Waals surface area contributed by atoms with Crippen molar-refractivity contribution in [1.29, 1.82) is 5.26 Å². The summed E-state index contributed by atoms with van der Waals surface area (Å²) >= 11 is 0. The van der Waals surface area contributed by atoms with Crippen molar-refractivity contribution < 1.29 is 51.4 Å². The Balaban J connectivity index is 0.000000405. The third kappa shape index (κ3) is 1.10. The van der Waals surface area contributed by atoms with Gasteiger partial charge < -0.3 is 0 Å². The fourth-order valence-electron chi connectivity index (χ4n) is 1.53. The van der Waals surface area contributed by atoms with Crippen LogP contribution in [-0.4, -0.2) is 0 Å². The molecule has 1 spiro atoms. The first-order chi connectivity index (χ1) is 3.87. The van der Waals surface area contributed by atoms with E-state index in [2.05, 4.69) is 6.07 Å². The molecule has 42 valence electrons. The van der Waals surface area contributed by atoms with Gasteiger partial charge in [-0.3, -0.25) is 5.92 Å². The maximum absolute atomic E-state index is 8.42. The molecule has 0 atom stereocenters. The van der Waals surface area contributed by atoms with Crippen LogP contribution in [0.2, 0.25) is 0 Å². The number of nitriles is 1. The Labute approximate surface area is 98.2 Å². The van der Waals surface area contributed by atoms with Crippen LogP contribution in [0, 0.1) is 22.7 Å². The minimum atomic E-state index is 0. The average molecular weight is 145 g/mol. The van der Waals surface area contributed by atoms with Crippen molar-refractivity contribution in [2.24, 2.45) is 5.41 Å². The Morgan fingerprint density at radius 1 is 1.44 bits per heavy atom. The molecule has 2 aliphatic rings. The molecule has 0 aromatic heterocycles. The Bertz CT molecular complexity index is 155. The predicted octanol–water partition coefficient (Wildman–Crippen LogP) is -1.34. The fourth-order valence-corrected chi connectivity index (χ4v) is 1.53. The molecule has 0 radical (unpaired) electrons. The summed E-state index contributed by atoms with van der Waals surface area (Å²) < 4.78 is 0. The molecule has 0 aromatic rings. The molecular formula is C7H8KN. The van der Waals surface area contributed by atoms with Crippen molar-refractivity contribution in [2.75, 3.05) is 0 Å². The van der Waals surface area contributed by atoms with E-state index >= 15 is 0 Å². The van der Waals surface area contributed by atoms with Crippen molar-refractivity contribution in [3.8, 4) is 6.07 Å². The monoisotopic (exact) mass is 145 g/mol. The third-order valence-corrected chi connectivity index (χ3v) is 2.48. The number of nitrogens with zero attached hydrogens (tertiary/aromatic N) is 1. The van der Waals surface area contributed by atoms with Crippen LogP contribution in [-0.2, 0) is 0 Å². The van der Waals surface area contributed by atoms with Crippen molar-refractivity contribution in [3.63, 3.8) is 0 Å². The van der Waals surface area contributed by atoms with Gasteiger partial charge in [0.05, 0.1) is 0 Å². The largest absolute Gasteiger partial charge is 1.00 e. The summed E-state index contributed by atoms with van der Waals surface area (Å²) in [7, 11) is 0. The Morgan fingerprint density at radius 2 is 2.11 bits per heavy atom. The first-order valence-corrected chi connectivity index (χ1v) is 3.14. The molecule has 0 amide bonds. The zero-order valence-electron chi connectivity index (χ0n) is 5.78. The van der Waals surface area contributed by atoms with Crippen molar-refractivity contribution in [1.82, 2.24) is 0 Å². The van der Waals surface area contributed by atoms with Gasteiger partial charge in [0.2, 0.25) is 0 Å². The van der Waals surface area contributed by atoms with E-state index in [1.807, 2.05) is 0 Å². The molecule has 0 N–H and O–H groups in total. The molecule has 0 saturated heterocycles. The minimum absolute atomic E-state index is 0. The summed E-state index contributed by atoms with van der Waals surface area (Å²) in [5.74, 6) is 1.17. The fraction of sp³-hybridized carbons (Fsp3) is 0.714. The zero-order valence-corrected chi connectivity index (χ0v) is 8.90. The molecule has 0 heterocycles. The second kappa shape index (κ2) is 2.56. The van der Waals surface area contributed by atoms with Gasteiger partial charge in [0, 0.05) is 0 Å². The summed E-state index contributed by atoms with van der Waals surface area (Å²) in [5.41, 5.74) is 0.495. The maximum atomic E-state index is 8.42. The van der Waals surface area contributed by atoms with E-state index in [9.17, 15) is 0 Å². The Hall–Kier alpha value is 0.996. The van der Waals surface area contributed by atoms with Crippen LogP contribution in [0.25, 0.3) is 0 Å². The van der Waals surface area contributed by atoms with Crippen LogP contribution in [0.5, 0.6) is 0 Å². The smallest absolute Gasteiger partial charge is 0.274 e. The third-order valence-electron chi connectivity index (χ3n) is 2.48. The second-order valence-corrected chi connectivity index (χ2v) is 2.90. The van der Waals surface area contributed by atoms with Crippen LogP contribution in [0.3, 0.4) is 0 Å². The molecule has 2 fully saturated rings. The van der Waals surface area contributed by atoms with Crippen LogP contribution in [0.1, 0.15) is 25.7 Å². The Morgan fingerprint density at radius 3 is 2.22 bits per heavy atom. The molecule has 2 saturated carbocycles. The maximum Gasteiger partial charge on any atom is 1.00 e. The van der Waals surface area contributed by atoms with Gasteiger partial charge in [-0.1, -0.05) is 19.3 Å². The van der Waals surface area contributed by atoms with E-state index in [4.69, 9.17) is 5.26 Å². The van der Waals surface area contributed by atoms with E-state index in [1.165, 1.54) is 25.2 Å². The van der Waals surface area contributed by atoms with Crippen molar-refractivity contribution in [3.05, 3.63) is 5.92 Å². The second-order valence-electron chi connectivity index (χ2n) is 2.90. The molecule has 0 unspecified atom stereocenters. The molecule has 2 rings (SSSR count). The van der Waals surface area contributed by atoms with E-state index in [0.29, 0.717) is 5.41 Å². The van der Waals surface area contributed by atoms with Gasteiger partial charge in [0.1, 0.15) is 0 Å². The van der Waals surface area contributed by atoms with Gasteiger partial charge in [0.15, 0.2) is 0 Å². The first-order valence-electron chi connectivity index (χ1n) is 3.14.